The van der Waals surface area contributed by atoms with E-state index in [1.807, 2.05) is 0 Å². The van der Waals surface area contributed by atoms with Crippen molar-refractivity contribution in [3.05, 3.63) is 11.1 Å². The van der Waals surface area contributed by atoms with Gasteiger partial charge in [0.2, 0.25) is 0 Å². The number of carboxylic acid groups (broad SMARTS) is 2. The van der Waals surface area contributed by atoms with Gasteiger partial charge in [-0.05, 0) is 0 Å². The summed E-state index contributed by atoms with van der Waals surface area (Å²) < 4.78 is 0. The maximum absolute atomic E-state index is 9.77. The summed E-state index contributed by atoms with van der Waals surface area (Å²) in [4.78, 5) is 19.5. The fourth-order valence-corrected chi connectivity index (χ4v) is 0.263. The zero-order valence-electron chi connectivity index (χ0n) is 4.17. The molecule has 0 aliphatic rings. The molecule has 0 aliphatic carbocycles. The second-order valence-corrected chi connectivity index (χ2v) is 1.54. The van der Waals surface area contributed by atoms with Crippen molar-refractivity contribution >= 4 is 53.1 Å². The first-order chi connectivity index (χ1) is 4.04. The summed E-state index contributed by atoms with van der Waals surface area (Å²) in [5, 5.41) is 15.2. The summed E-state index contributed by atoms with van der Waals surface area (Å²) in [6.07, 6.45) is 0.407. The van der Waals surface area contributed by atoms with Gasteiger partial charge in [-0.15, -0.1) is 0 Å². The second kappa shape index (κ2) is 5.73. The van der Waals surface area contributed by atoms with Gasteiger partial charge in [0.1, 0.15) is 5.03 Å². The molecule has 10 heavy (non-hydrogen) atoms. The third kappa shape index (κ3) is 6.10. The predicted molar refractivity (Wildman–Crippen MR) is 36.4 cm³/mol. The number of carbonyl (C=O) groups is 2. The van der Waals surface area contributed by atoms with Gasteiger partial charge in [-0.1, -0.05) is 11.6 Å². The Hall–Kier alpha value is -0.0300. The van der Waals surface area contributed by atoms with Gasteiger partial charge in [-0.3, -0.25) is 0 Å². The van der Waals surface area contributed by atoms with E-state index < -0.39 is 17.0 Å². The molecule has 6 heteroatoms. The van der Waals surface area contributed by atoms with Crippen LogP contribution in [0.25, 0.3) is 0 Å². The van der Waals surface area contributed by atoms with Crippen LogP contribution in [0.2, 0.25) is 0 Å². The molecule has 0 saturated carbocycles. The molecule has 0 atom stereocenters. The molecule has 0 aromatic rings. The van der Waals surface area contributed by atoms with Gasteiger partial charge < -0.3 is 10.2 Å². The van der Waals surface area contributed by atoms with Gasteiger partial charge in [0.15, 0.2) is 0 Å². The Morgan fingerprint density at radius 3 is 1.80 bits per heavy atom. The summed E-state index contributed by atoms with van der Waals surface area (Å²) in [7, 11) is 0. The molecular formula is C4H4ClNaO4. The first kappa shape index (κ1) is 12.6. The molecule has 0 amide bonds. The van der Waals surface area contributed by atoms with Crippen molar-refractivity contribution in [2.45, 2.75) is 0 Å². The number of carboxylic acids is 2. The number of aliphatic carboxylic acids is 2. The molecule has 52 valence electrons. The summed E-state index contributed by atoms with van der Waals surface area (Å²) in [6.45, 7) is 0. The summed E-state index contributed by atoms with van der Waals surface area (Å²) in [5.41, 5.74) is 0. The van der Waals surface area contributed by atoms with E-state index in [1.165, 1.54) is 0 Å². The Morgan fingerprint density at radius 2 is 1.70 bits per heavy atom. The molecule has 0 aromatic carbocycles. The van der Waals surface area contributed by atoms with E-state index >= 15 is 0 Å². The van der Waals surface area contributed by atoms with Gasteiger partial charge in [-0.2, -0.15) is 0 Å². The van der Waals surface area contributed by atoms with Crippen LogP contribution < -0.4 is 0 Å². The SMILES string of the molecule is O=C(O)/C=C(/Cl)C(=O)O.[NaH]. The van der Waals surface area contributed by atoms with Crippen molar-refractivity contribution < 1.29 is 19.8 Å². The quantitative estimate of drug-likeness (QED) is 0.443. The summed E-state index contributed by atoms with van der Waals surface area (Å²) >= 11 is 4.89. The van der Waals surface area contributed by atoms with Crippen LogP contribution in [-0.2, 0) is 9.59 Å². The first-order valence-electron chi connectivity index (χ1n) is 1.87. The van der Waals surface area contributed by atoms with Crippen LogP contribution in [0, 0.1) is 0 Å². The summed E-state index contributed by atoms with van der Waals surface area (Å²) in [5.74, 6) is -2.82. The van der Waals surface area contributed by atoms with E-state index in [9.17, 15) is 9.59 Å². The Bertz CT molecular complexity index is 176. The van der Waals surface area contributed by atoms with E-state index in [0.717, 1.165) is 0 Å². The van der Waals surface area contributed by atoms with E-state index in [4.69, 9.17) is 21.8 Å². The average Bonchev–Trinajstić information content (AvgIpc) is 1.63. The molecule has 4 nitrogen and oxygen atoms in total. The molecule has 0 saturated heterocycles. The fraction of sp³-hybridized carbons (Fsp3) is 0. The molecule has 2 N–H and O–H groups in total. The zero-order valence-corrected chi connectivity index (χ0v) is 4.92. The molecule has 0 aliphatic heterocycles. The number of halogens is 1. The van der Waals surface area contributed by atoms with Crippen molar-refractivity contribution in [3.63, 3.8) is 0 Å². The van der Waals surface area contributed by atoms with Crippen molar-refractivity contribution in [2.24, 2.45) is 0 Å². The number of hydrogen-bond acceptors (Lipinski definition) is 2. The van der Waals surface area contributed by atoms with Gasteiger partial charge in [0, 0.05) is 6.08 Å². The molecule has 0 rings (SSSR count). The van der Waals surface area contributed by atoms with Gasteiger partial charge in [0.25, 0.3) is 0 Å². The standard InChI is InChI=1S/C4H3ClO4.Na.H/c5-2(4(8)9)1-3(6)7;;/h1H,(H,6,7)(H,8,9);;/b2-1+;;. The van der Waals surface area contributed by atoms with Crippen molar-refractivity contribution in [1.82, 2.24) is 0 Å². The Balaban J connectivity index is 0. The third-order valence-corrected chi connectivity index (χ3v) is 0.725. The molecule has 0 radical (unpaired) electrons. The maximum atomic E-state index is 9.77. The zero-order chi connectivity index (χ0) is 7.44. The molecule has 0 fully saturated rings. The van der Waals surface area contributed by atoms with Crippen LogP contribution >= 0.6 is 11.6 Å². The molecule has 0 aromatic heterocycles. The Morgan fingerprint density at radius 1 is 1.30 bits per heavy atom. The second-order valence-electron chi connectivity index (χ2n) is 1.14. The van der Waals surface area contributed by atoms with Crippen molar-refractivity contribution in [3.8, 4) is 0 Å². The van der Waals surface area contributed by atoms with Crippen LogP contribution in [0.15, 0.2) is 11.1 Å². The third-order valence-electron chi connectivity index (χ3n) is 0.455. The fourth-order valence-electron chi connectivity index (χ4n) is 0.170. The average molecular weight is 175 g/mol. The van der Waals surface area contributed by atoms with Gasteiger partial charge >= 0.3 is 41.5 Å². The van der Waals surface area contributed by atoms with E-state index in [1.54, 1.807) is 0 Å². The Labute approximate surface area is 83.8 Å². The van der Waals surface area contributed by atoms with Crippen molar-refractivity contribution in [1.29, 1.82) is 0 Å². The number of rotatable bonds is 2. The molecule has 0 unspecified atom stereocenters. The first-order valence-corrected chi connectivity index (χ1v) is 2.25. The molecule has 0 bridgehead atoms. The Kier molecular flexibility index (Phi) is 7.24. The van der Waals surface area contributed by atoms with Crippen LogP contribution in [0.5, 0.6) is 0 Å². The minimum atomic E-state index is -1.45. The summed E-state index contributed by atoms with van der Waals surface area (Å²) in [6, 6.07) is 0. The van der Waals surface area contributed by atoms with Crippen LogP contribution in [0.1, 0.15) is 0 Å². The monoisotopic (exact) mass is 174 g/mol. The van der Waals surface area contributed by atoms with Gasteiger partial charge in [0.05, 0.1) is 0 Å². The predicted octanol–water partition coefficient (Wildman–Crippen LogP) is -0.370. The molecule has 0 heterocycles. The van der Waals surface area contributed by atoms with Crippen LogP contribution in [0.4, 0.5) is 0 Å². The van der Waals surface area contributed by atoms with Crippen molar-refractivity contribution in [2.75, 3.05) is 0 Å². The van der Waals surface area contributed by atoms with Gasteiger partial charge in [-0.25, -0.2) is 9.59 Å². The number of hydrogen-bond donors (Lipinski definition) is 2. The van der Waals surface area contributed by atoms with Crippen LogP contribution in [0.3, 0.4) is 0 Å². The topological polar surface area (TPSA) is 74.6 Å². The molecule has 0 spiro atoms. The van der Waals surface area contributed by atoms with E-state index in [2.05, 4.69) is 0 Å². The minimum absolute atomic E-state index is 0. The molecular weight excluding hydrogens is 170 g/mol. The van der Waals surface area contributed by atoms with Crippen LogP contribution in [-0.4, -0.2) is 51.7 Å². The van der Waals surface area contributed by atoms with E-state index in [0.29, 0.717) is 6.08 Å². The normalized spacial score (nSPS) is 9.90. The van der Waals surface area contributed by atoms with E-state index in [-0.39, 0.29) is 29.6 Å².